The molecular formula is C15H23NO3S. The van der Waals surface area contributed by atoms with Crippen LogP contribution in [0.5, 0.6) is 0 Å². The number of amides is 1. The third-order valence-electron chi connectivity index (χ3n) is 3.29. The van der Waals surface area contributed by atoms with E-state index < -0.39 is 21.5 Å². The average Bonchev–Trinajstić information content (AvgIpc) is 2.19. The van der Waals surface area contributed by atoms with Gasteiger partial charge in [-0.25, -0.2) is 8.42 Å². The Hall–Kier alpha value is -1.36. The quantitative estimate of drug-likeness (QED) is 0.923. The number of carbonyl (C=O) groups is 1. The molecule has 0 aliphatic carbocycles. The van der Waals surface area contributed by atoms with E-state index in [9.17, 15) is 13.2 Å². The van der Waals surface area contributed by atoms with Crippen molar-refractivity contribution in [3.63, 3.8) is 0 Å². The number of hydrogen-bond donors (Lipinski definition) is 1. The number of hydrogen-bond acceptors (Lipinski definition) is 3. The van der Waals surface area contributed by atoms with Crippen LogP contribution in [-0.4, -0.2) is 20.1 Å². The molecule has 0 heterocycles. The average molecular weight is 297 g/mol. The predicted octanol–water partition coefficient (Wildman–Crippen LogP) is 2.00. The van der Waals surface area contributed by atoms with Crippen molar-refractivity contribution in [2.75, 3.05) is 5.75 Å². The molecule has 0 aliphatic rings. The van der Waals surface area contributed by atoms with Crippen molar-refractivity contribution in [3.05, 3.63) is 34.4 Å². The summed E-state index contributed by atoms with van der Waals surface area (Å²) in [6.45, 7) is 10.1. The zero-order chi connectivity index (χ0) is 15.7. The molecule has 0 fully saturated rings. The van der Waals surface area contributed by atoms with Crippen LogP contribution >= 0.6 is 0 Å². The maximum absolute atomic E-state index is 11.9. The normalized spacial score (nSPS) is 12.4. The summed E-state index contributed by atoms with van der Waals surface area (Å²) in [4.78, 5) is 10.8. The highest BCUT2D eigenvalue weighted by atomic mass is 32.2. The van der Waals surface area contributed by atoms with Crippen LogP contribution in [0.3, 0.4) is 0 Å². The van der Waals surface area contributed by atoms with Gasteiger partial charge in [-0.1, -0.05) is 32.9 Å². The molecule has 1 aromatic rings. The molecule has 1 rings (SSSR count). The molecule has 0 aromatic heterocycles. The second-order valence-electron chi connectivity index (χ2n) is 6.34. The molecule has 4 nitrogen and oxygen atoms in total. The van der Waals surface area contributed by atoms with Gasteiger partial charge in [-0.15, -0.1) is 0 Å². The summed E-state index contributed by atoms with van der Waals surface area (Å²) in [6, 6.07) is 4.03. The van der Waals surface area contributed by atoms with Crippen molar-refractivity contribution in [1.82, 2.24) is 0 Å². The molecule has 0 saturated heterocycles. The van der Waals surface area contributed by atoms with Crippen LogP contribution in [0.1, 0.15) is 43.0 Å². The lowest BCUT2D eigenvalue weighted by atomic mass is 9.84. The summed E-state index contributed by atoms with van der Waals surface area (Å²) in [6.07, 6.45) is 0. The minimum absolute atomic E-state index is 0.0140. The van der Waals surface area contributed by atoms with Crippen LogP contribution in [0.15, 0.2) is 12.1 Å². The fourth-order valence-electron chi connectivity index (χ4n) is 2.14. The number of rotatable bonds is 4. The number of carbonyl (C=O) groups excluding carboxylic acids is 1. The summed E-state index contributed by atoms with van der Waals surface area (Å²) < 4.78 is 23.8. The molecule has 0 aliphatic heterocycles. The monoisotopic (exact) mass is 297 g/mol. The van der Waals surface area contributed by atoms with Crippen molar-refractivity contribution in [1.29, 1.82) is 0 Å². The molecule has 0 unspecified atom stereocenters. The maximum Gasteiger partial charge on any atom is 0.232 e. The molecule has 0 saturated carbocycles. The van der Waals surface area contributed by atoms with Crippen molar-refractivity contribution < 1.29 is 13.2 Å². The van der Waals surface area contributed by atoms with Crippen molar-refractivity contribution in [3.8, 4) is 0 Å². The molecule has 0 radical (unpaired) electrons. The summed E-state index contributed by atoms with van der Waals surface area (Å²) in [5.74, 6) is -1.56. The Morgan fingerprint density at radius 3 is 1.95 bits per heavy atom. The lowest BCUT2D eigenvalue weighted by Crippen LogP contribution is -2.24. The first kappa shape index (κ1) is 16.7. The fourth-order valence-corrected chi connectivity index (χ4v) is 3.57. The molecule has 20 heavy (non-hydrogen) atoms. The smallest absolute Gasteiger partial charge is 0.232 e. The minimum Gasteiger partial charge on any atom is -0.369 e. The Bertz CT molecular complexity index is 602. The number of nitrogens with two attached hydrogens (primary N) is 1. The number of primary amides is 1. The first-order valence-corrected chi connectivity index (χ1v) is 8.34. The highest BCUT2D eigenvalue weighted by Gasteiger charge is 2.20. The van der Waals surface area contributed by atoms with Gasteiger partial charge in [0.2, 0.25) is 5.91 Å². The zero-order valence-electron chi connectivity index (χ0n) is 12.8. The SMILES string of the molecule is Cc1cc(C(C)(C)C)cc(C)c1CS(=O)(=O)CC(N)=O. The van der Waals surface area contributed by atoms with Gasteiger partial charge in [0, 0.05) is 0 Å². The first-order valence-electron chi connectivity index (χ1n) is 6.52. The minimum atomic E-state index is -3.50. The van der Waals surface area contributed by atoms with E-state index in [2.05, 4.69) is 20.8 Å². The lowest BCUT2D eigenvalue weighted by molar-refractivity contribution is -0.115. The molecule has 112 valence electrons. The van der Waals surface area contributed by atoms with Crippen LogP contribution in [-0.2, 0) is 25.8 Å². The fraction of sp³-hybridized carbons (Fsp3) is 0.533. The van der Waals surface area contributed by atoms with Gasteiger partial charge in [0.05, 0.1) is 5.75 Å². The van der Waals surface area contributed by atoms with Crippen LogP contribution < -0.4 is 5.73 Å². The van der Waals surface area contributed by atoms with E-state index in [1.165, 1.54) is 5.56 Å². The highest BCUT2D eigenvalue weighted by Crippen LogP contribution is 2.27. The Balaban J connectivity index is 3.19. The standard InChI is InChI=1S/C15H23NO3S/c1-10-6-12(15(3,4)5)7-11(2)13(10)8-20(18,19)9-14(16)17/h6-7H,8-9H2,1-5H3,(H2,16,17). The summed E-state index contributed by atoms with van der Waals surface area (Å²) in [5.41, 5.74) is 8.79. The summed E-state index contributed by atoms with van der Waals surface area (Å²) >= 11 is 0. The molecule has 0 bridgehead atoms. The van der Waals surface area contributed by atoms with Gasteiger partial charge in [-0.3, -0.25) is 4.79 Å². The third-order valence-corrected chi connectivity index (χ3v) is 4.74. The zero-order valence-corrected chi connectivity index (χ0v) is 13.6. The van der Waals surface area contributed by atoms with E-state index in [4.69, 9.17) is 5.73 Å². The first-order chi connectivity index (χ1) is 8.92. The van der Waals surface area contributed by atoms with Gasteiger partial charge in [0.1, 0.15) is 5.75 Å². The van der Waals surface area contributed by atoms with E-state index in [-0.39, 0.29) is 11.2 Å². The van der Waals surface area contributed by atoms with Crippen LogP contribution in [0.2, 0.25) is 0 Å². The summed E-state index contributed by atoms with van der Waals surface area (Å²) in [5, 5.41) is 0. The van der Waals surface area contributed by atoms with Crippen LogP contribution in [0.4, 0.5) is 0 Å². The van der Waals surface area contributed by atoms with Gasteiger partial charge in [-0.05, 0) is 41.5 Å². The van der Waals surface area contributed by atoms with E-state index in [1.807, 2.05) is 26.0 Å². The van der Waals surface area contributed by atoms with Gasteiger partial charge < -0.3 is 5.73 Å². The molecule has 1 aromatic carbocycles. The molecular weight excluding hydrogens is 274 g/mol. The number of aryl methyl sites for hydroxylation is 2. The van der Waals surface area contributed by atoms with Crippen LogP contribution in [0.25, 0.3) is 0 Å². The highest BCUT2D eigenvalue weighted by molar-refractivity contribution is 7.91. The number of benzene rings is 1. The van der Waals surface area contributed by atoms with Gasteiger partial charge in [-0.2, -0.15) is 0 Å². The molecule has 2 N–H and O–H groups in total. The van der Waals surface area contributed by atoms with Gasteiger partial charge >= 0.3 is 0 Å². The second kappa shape index (κ2) is 5.56. The molecule has 1 amide bonds. The predicted molar refractivity (Wildman–Crippen MR) is 81.3 cm³/mol. The van der Waals surface area contributed by atoms with E-state index >= 15 is 0 Å². The maximum atomic E-state index is 11.9. The second-order valence-corrected chi connectivity index (χ2v) is 8.40. The molecule has 0 atom stereocenters. The van der Waals surface area contributed by atoms with Gasteiger partial charge in [0.15, 0.2) is 9.84 Å². The Labute approximate surface area is 121 Å². The van der Waals surface area contributed by atoms with Crippen molar-refractivity contribution >= 4 is 15.7 Å². The lowest BCUT2D eigenvalue weighted by Gasteiger charge is -2.22. The Kier molecular flexibility index (Phi) is 4.64. The summed E-state index contributed by atoms with van der Waals surface area (Å²) in [7, 11) is -3.50. The third kappa shape index (κ3) is 4.34. The topological polar surface area (TPSA) is 77.2 Å². The van der Waals surface area contributed by atoms with Crippen molar-refractivity contribution in [2.45, 2.75) is 45.8 Å². The largest absolute Gasteiger partial charge is 0.369 e. The molecule has 0 spiro atoms. The number of sulfone groups is 1. The van der Waals surface area contributed by atoms with Crippen LogP contribution in [0, 0.1) is 13.8 Å². The van der Waals surface area contributed by atoms with E-state index in [0.717, 1.165) is 16.7 Å². The molecule has 5 heteroatoms. The van der Waals surface area contributed by atoms with Crippen molar-refractivity contribution in [2.24, 2.45) is 5.73 Å². The van der Waals surface area contributed by atoms with Gasteiger partial charge in [0.25, 0.3) is 0 Å². The van der Waals surface area contributed by atoms with E-state index in [0.29, 0.717) is 0 Å². The van der Waals surface area contributed by atoms with E-state index in [1.54, 1.807) is 0 Å². The Morgan fingerprint density at radius 2 is 1.60 bits per heavy atom. The Morgan fingerprint density at radius 1 is 1.15 bits per heavy atom.